The molecule has 0 saturated carbocycles. The third kappa shape index (κ3) is 6.06. The molecule has 3 nitrogen and oxygen atoms in total. The van der Waals surface area contributed by atoms with Crippen molar-refractivity contribution in [1.82, 2.24) is 9.97 Å². The quantitative estimate of drug-likeness (QED) is 0.125. The molecule has 12 aromatic rings. The highest BCUT2D eigenvalue weighted by Gasteiger charge is 2.19. The molecule has 0 bridgehead atoms. The summed E-state index contributed by atoms with van der Waals surface area (Å²) >= 11 is 0. The first-order valence-corrected chi connectivity index (χ1v) is 20.7. The average Bonchev–Trinajstić information content (AvgIpc) is 3.78. The Bertz CT molecular complexity index is 3590. The smallest absolute Gasteiger partial charge is 0.160 e. The minimum absolute atomic E-state index is 0.661. The van der Waals surface area contributed by atoms with Crippen LogP contribution in [0.15, 0.2) is 223 Å². The fraction of sp³-hybridized carbons (Fsp3) is 0. The Balaban J connectivity index is 0.939. The molecule has 0 amide bonds. The minimum atomic E-state index is 0.661. The van der Waals surface area contributed by atoms with Gasteiger partial charge in [-0.15, -0.1) is 0 Å². The Labute approximate surface area is 352 Å². The maximum absolute atomic E-state index is 6.28. The summed E-state index contributed by atoms with van der Waals surface area (Å²) in [6.45, 7) is 0. The molecule has 3 heteroatoms. The first-order valence-electron chi connectivity index (χ1n) is 20.7. The van der Waals surface area contributed by atoms with Crippen molar-refractivity contribution in [3.63, 3.8) is 0 Å². The van der Waals surface area contributed by atoms with Gasteiger partial charge in [0.05, 0.1) is 5.69 Å². The Kier molecular flexibility index (Phi) is 8.17. The summed E-state index contributed by atoms with van der Waals surface area (Å²) in [6, 6.07) is 77.8. The van der Waals surface area contributed by atoms with E-state index in [1.807, 2.05) is 54.6 Å². The minimum Gasteiger partial charge on any atom is -0.454 e. The predicted molar refractivity (Wildman–Crippen MR) is 254 cm³/mol. The van der Waals surface area contributed by atoms with Crippen LogP contribution in [0.25, 0.3) is 122 Å². The van der Waals surface area contributed by atoms with Crippen molar-refractivity contribution in [2.24, 2.45) is 0 Å². The normalized spacial score (nSPS) is 11.6. The van der Waals surface area contributed by atoms with Gasteiger partial charge in [-0.25, -0.2) is 9.97 Å². The highest BCUT2D eigenvalue weighted by Crippen LogP contribution is 2.46. The van der Waals surface area contributed by atoms with E-state index >= 15 is 0 Å². The molecule has 0 aliphatic carbocycles. The molecule has 0 saturated heterocycles. The zero-order valence-electron chi connectivity index (χ0n) is 33.1. The molecule has 2 heterocycles. The van der Waals surface area contributed by atoms with E-state index in [1.54, 1.807) is 0 Å². The summed E-state index contributed by atoms with van der Waals surface area (Å²) in [5.74, 6) is 1.38. The monoisotopic (exact) mass is 776 g/mol. The summed E-state index contributed by atoms with van der Waals surface area (Å²) in [6.07, 6.45) is 0. The Morgan fingerprint density at radius 1 is 0.295 bits per heavy atom. The van der Waals surface area contributed by atoms with Gasteiger partial charge in [-0.3, -0.25) is 0 Å². The molecular weight excluding hydrogens is 741 g/mol. The van der Waals surface area contributed by atoms with Crippen LogP contribution in [0.4, 0.5) is 0 Å². The van der Waals surface area contributed by atoms with Gasteiger partial charge in [-0.2, -0.15) is 0 Å². The van der Waals surface area contributed by atoms with Crippen molar-refractivity contribution in [2.75, 3.05) is 0 Å². The molecule has 0 spiro atoms. The van der Waals surface area contributed by atoms with Gasteiger partial charge in [0, 0.05) is 16.5 Å². The molecule has 10 aromatic carbocycles. The summed E-state index contributed by atoms with van der Waals surface area (Å²) in [4.78, 5) is 10.1. The van der Waals surface area contributed by atoms with E-state index < -0.39 is 0 Å². The molecule has 0 aliphatic rings. The SMILES string of the molecule is c1ccc(-c2nc(-c3ccc4cc(-c5ccc(-c6c7ccccc7c(-c7ccccc7)c7ccc8ccccc8c67)cc5)ccc4c3)cc(-c3cc4ccccc4o3)n2)cc1. The van der Waals surface area contributed by atoms with Crippen LogP contribution in [-0.4, -0.2) is 9.97 Å². The maximum atomic E-state index is 6.28. The standard InChI is InChI=1S/C58H36N2O/c1-3-14-39(15-4-1)55-48-20-10-11-21-49(48)56(57-47-19-9-7-13-38(47)31-32-50(55)57)40-25-23-37(24-26-40)42-27-28-44-34-45(30-29-43(44)33-42)51-36-52(54-35-46-18-8-12-22-53(46)61-54)60-58(59-51)41-16-5-2-6-17-41/h1-36H. The number of rotatable bonds is 6. The van der Waals surface area contributed by atoms with Crippen LogP contribution in [-0.2, 0) is 0 Å². The summed E-state index contributed by atoms with van der Waals surface area (Å²) in [7, 11) is 0. The number of furan rings is 1. The van der Waals surface area contributed by atoms with Crippen molar-refractivity contribution in [3.8, 4) is 67.5 Å². The molecule has 0 unspecified atom stereocenters. The second-order valence-electron chi connectivity index (χ2n) is 15.7. The van der Waals surface area contributed by atoms with Crippen molar-refractivity contribution in [3.05, 3.63) is 218 Å². The van der Waals surface area contributed by atoms with E-state index in [0.29, 0.717) is 5.82 Å². The van der Waals surface area contributed by atoms with Crippen LogP contribution < -0.4 is 0 Å². The third-order valence-corrected chi connectivity index (χ3v) is 12.1. The average molecular weight is 777 g/mol. The van der Waals surface area contributed by atoms with Gasteiger partial charge < -0.3 is 4.42 Å². The molecule has 284 valence electrons. The highest BCUT2D eigenvalue weighted by atomic mass is 16.3. The molecule has 2 aromatic heterocycles. The Hall–Kier alpha value is -8.14. The number of nitrogens with zero attached hydrogens (tertiary/aromatic N) is 2. The topological polar surface area (TPSA) is 38.9 Å². The van der Waals surface area contributed by atoms with E-state index in [0.717, 1.165) is 44.6 Å². The Morgan fingerprint density at radius 3 is 1.59 bits per heavy atom. The fourth-order valence-electron chi connectivity index (χ4n) is 9.12. The van der Waals surface area contributed by atoms with Crippen LogP contribution in [0.5, 0.6) is 0 Å². The number of hydrogen-bond acceptors (Lipinski definition) is 3. The summed E-state index contributed by atoms with van der Waals surface area (Å²) in [5.41, 5.74) is 11.7. The van der Waals surface area contributed by atoms with Gasteiger partial charge >= 0.3 is 0 Å². The van der Waals surface area contributed by atoms with Crippen LogP contribution in [0.1, 0.15) is 0 Å². The largest absolute Gasteiger partial charge is 0.454 e. The number of benzene rings is 10. The van der Waals surface area contributed by atoms with Crippen LogP contribution in [0.3, 0.4) is 0 Å². The van der Waals surface area contributed by atoms with Gasteiger partial charge in [-0.1, -0.05) is 188 Å². The van der Waals surface area contributed by atoms with Gasteiger partial charge in [0.15, 0.2) is 11.6 Å². The molecule has 0 fully saturated rings. The molecular formula is C58H36N2O. The van der Waals surface area contributed by atoms with Crippen molar-refractivity contribution < 1.29 is 4.42 Å². The van der Waals surface area contributed by atoms with Gasteiger partial charge in [0.2, 0.25) is 0 Å². The van der Waals surface area contributed by atoms with Crippen molar-refractivity contribution >= 4 is 54.1 Å². The second kappa shape index (κ2) is 14.3. The van der Waals surface area contributed by atoms with Gasteiger partial charge in [-0.05, 0) is 107 Å². The lowest BCUT2D eigenvalue weighted by molar-refractivity contribution is 0.628. The first kappa shape index (κ1) is 34.9. The second-order valence-corrected chi connectivity index (χ2v) is 15.7. The molecule has 0 atom stereocenters. The molecule has 0 N–H and O–H groups in total. The number of fused-ring (bicyclic) bond motifs is 6. The zero-order valence-corrected chi connectivity index (χ0v) is 33.1. The lowest BCUT2D eigenvalue weighted by Gasteiger charge is -2.19. The number of para-hydroxylation sites is 1. The van der Waals surface area contributed by atoms with Crippen LogP contribution in [0, 0.1) is 0 Å². The molecule has 0 aliphatic heterocycles. The van der Waals surface area contributed by atoms with Gasteiger partial charge in [0.25, 0.3) is 0 Å². The Morgan fingerprint density at radius 2 is 0.836 bits per heavy atom. The lowest BCUT2D eigenvalue weighted by atomic mass is 9.84. The summed E-state index contributed by atoms with van der Waals surface area (Å²) in [5, 5.41) is 10.9. The fourth-order valence-corrected chi connectivity index (χ4v) is 9.12. The summed E-state index contributed by atoms with van der Waals surface area (Å²) < 4.78 is 6.28. The van der Waals surface area contributed by atoms with Gasteiger partial charge in [0.1, 0.15) is 11.3 Å². The number of aromatic nitrogens is 2. The molecule has 12 rings (SSSR count). The van der Waals surface area contributed by atoms with Crippen LogP contribution in [0.2, 0.25) is 0 Å². The number of hydrogen-bond donors (Lipinski definition) is 0. The molecule has 61 heavy (non-hydrogen) atoms. The van der Waals surface area contributed by atoms with Crippen LogP contribution >= 0.6 is 0 Å². The van der Waals surface area contributed by atoms with Crippen molar-refractivity contribution in [1.29, 1.82) is 0 Å². The van der Waals surface area contributed by atoms with Crippen molar-refractivity contribution in [2.45, 2.75) is 0 Å². The van der Waals surface area contributed by atoms with E-state index in [4.69, 9.17) is 14.4 Å². The predicted octanol–water partition coefficient (Wildman–Crippen LogP) is 15.8. The molecule has 0 radical (unpaired) electrons. The van der Waals surface area contributed by atoms with E-state index in [1.165, 1.54) is 71.1 Å². The maximum Gasteiger partial charge on any atom is 0.160 e. The first-order chi connectivity index (χ1) is 30.2. The zero-order chi connectivity index (χ0) is 40.3. The lowest BCUT2D eigenvalue weighted by Crippen LogP contribution is -1.95. The van der Waals surface area contributed by atoms with E-state index in [9.17, 15) is 0 Å². The third-order valence-electron chi connectivity index (χ3n) is 12.1. The van der Waals surface area contributed by atoms with E-state index in [2.05, 4.69) is 164 Å². The highest BCUT2D eigenvalue weighted by molar-refractivity contribution is 6.27. The van der Waals surface area contributed by atoms with E-state index in [-0.39, 0.29) is 0 Å².